The van der Waals surface area contributed by atoms with Gasteiger partial charge >= 0.3 is 0 Å². The number of benzene rings is 1. The number of nitrogens with zero attached hydrogens (tertiary/aromatic N) is 2. The lowest BCUT2D eigenvalue weighted by Crippen LogP contribution is -1.86. The maximum atomic E-state index is 12.8. The van der Waals surface area contributed by atoms with Crippen molar-refractivity contribution in [3.8, 4) is 11.3 Å². The number of rotatable bonds is 1. The lowest BCUT2D eigenvalue weighted by molar-refractivity contribution is 0.453. The number of nitrogen functional groups attached to an aromatic ring is 1. The predicted molar refractivity (Wildman–Crippen MR) is 61.6 cm³/mol. The fourth-order valence-electron chi connectivity index (χ4n) is 1.63. The summed E-state index contributed by atoms with van der Waals surface area (Å²) in [6.45, 7) is 0. The Labute approximate surface area is 95.9 Å². The molecule has 0 radical (unpaired) electrons. The maximum Gasteiger partial charge on any atom is 0.260 e. The normalized spacial score (nSPS) is 10.9. The van der Waals surface area contributed by atoms with E-state index < -0.39 is 0 Å². The van der Waals surface area contributed by atoms with E-state index in [0.29, 0.717) is 22.6 Å². The Kier molecular flexibility index (Phi) is 2.04. The molecular formula is C12H8FN3O. The second-order valence-corrected chi connectivity index (χ2v) is 3.62. The van der Waals surface area contributed by atoms with Gasteiger partial charge in [-0.25, -0.2) is 9.37 Å². The molecule has 3 rings (SSSR count). The van der Waals surface area contributed by atoms with E-state index in [2.05, 4.69) is 10.1 Å². The van der Waals surface area contributed by atoms with Gasteiger partial charge < -0.3 is 10.3 Å². The molecule has 2 aromatic heterocycles. The number of nitrogens with two attached hydrogens (primary N) is 1. The van der Waals surface area contributed by atoms with Crippen molar-refractivity contribution < 1.29 is 8.91 Å². The van der Waals surface area contributed by atoms with Gasteiger partial charge in [0.25, 0.3) is 5.71 Å². The van der Waals surface area contributed by atoms with Crippen LogP contribution in [0, 0.1) is 5.82 Å². The second-order valence-electron chi connectivity index (χ2n) is 3.62. The Morgan fingerprint density at radius 3 is 2.59 bits per heavy atom. The van der Waals surface area contributed by atoms with E-state index in [0.717, 1.165) is 5.56 Å². The molecule has 0 aliphatic heterocycles. The Bertz CT molecular complexity index is 676. The van der Waals surface area contributed by atoms with Gasteiger partial charge in [-0.1, -0.05) is 5.16 Å². The third-order valence-corrected chi connectivity index (χ3v) is 2.51. The Hall–Kier alpha value is -2.43. The van der Waals surface area contributed by atoms with Crippen LogP contribution in [0.5, 0.6) is 0 Å². The molecule has 0 unspecified atom stereocenters. The molecule has 0 bridgehead atoms. The van der Waals surface area contributed by atoms with Crippen LogP contribution in [0.3, 0.4) is 0 Å². The van der Waals surface area contributed by atoms with Crippen molar-refractivity contribution in [3.63, 3.8) is 0 Å². The fraction of sp³-hybridized carbons (Fsp3) is 0. The Morgan fingerprint density at radius 2 is 1.82 bits per heavy atom. The predicted octanol–water partition coefficient (Wildman–Crippen LogP) is 2.61. The molecule has 0 amide bonds. The largest absolute Gasteiger partial charge is 0.380 e. The van der Waals surface area contributed by atoms with Gasteiger partial charge in [0.2, 0.25) is 0 Å². The lowest BCUT2D eigenvalue weighted by atomic mass is 10.1. The van der Waals surface area contributed by atoms with Crippen LogP contribution in [-0.2, 0) is 0 Å². The third kappa shape index (κ3) is 1.61. The van der Waals surface area contributed by atoms with Gasteiger partial charge in [-0.05, 0) is 36.4 Å². The molecule has 84 valence electrons. The molecule has 4 nitrogen and oxygen atoms in total. The summed E-state index contributed by atoms with van der Waals surface area (Å²) >= 11 is 0. The van der Waals surface area contributed by atoms with Gasteiger partial charge in [0.05, 0.1) is 11.1 Å². The van der Waals surface area contributed by atoms with Crippen molar-refractivity contribution in [2.45, 2.75) is 0 Å². The minimum atomic E-state index is -0.279. The summed E-state index contributed by atoms with van der Waals surface area (Å²) in [5.41, 5.74) is 7.47. The standard InChI is InChI=1S/C12H8FN3O/c13-8-3-1-7(2-4-8)10-6-5-9-11(14)16-17-12(9)15-10/h1-6H,(H2,14,16). The van der Waals surface area contributed by atoms with Crippen LogP contribution in [0.4, 0.5) is 10.2 Å². The molecular weight excluding hydrogens is 221 g/mol. The molecule has 3 aromatic rings. The van der Waals surface area contributed by atoms with Crippen LogP contribution in [0.1, 0.15) is 0 Å². The first-order valence-electron chi connectivity index (χ1n) is 5.02. The second kappa shape index (κ2) is 3.55. The number of fused-ring (bicyclic) bond motifs is 1. The highest BCUT2D eigenvalue weighted by Gasteiger charge is 2.08. The number of aromatic nitrogens is 2. The summed E-state index contributed by atoms with van der Waals surface area (Å²) in [7, 11) is 0. The molecule has 5 heteroatoms. The maximum absolute atomic E-state index is 12.8. The van der Waals surface area contributed by atoms with Crippen molar-refractivity contribution in [2.75, 3.05) is 5.73 Å². The van der Waals surface area contributed by atoms with E-state index in [1.54, 1.807) is 24.3 Å². The van der Waals surface area contributed by atoms with Crippen LogP contribution in [0.25, 0.3) is 22.4 Å². The van der Waals surface area contributed by atoms with E-state index in [9.17, 15) is 4.39 Å². The monoisotopic (exact) mass is 229 g/mol. The van der Waals surface area contributed by atoms with Crippen molar-refractivity contribution in [1.82, 2.24) is 10.1 Å². The molecule has 1 aromatic carbocycles. The highest BCUT2D eigenvalue weighted by atomic mass is 19.1. The van der Waals surface area contributed by atoms with Crippen LogP contribution in [-0.4, -0.2) is 10.1 Å². The minimum Gasteiger partial charge on any atom is -0.380 e. The number of pyridine rings is 1. The summed E-state index contributed by atoms with van der Waals surface area (Å²) in [6, 6.07) is 9.66. The van der Waals surface area contributed by atoms with Crippen LogP contribution in [0.2, 0.25) is 0 Å². The fourth-order valence-corrected chi connectivity index (χ4v) is 1.63. The van der Waals surface area contributed by atoms with Crippen molar-refractivity contribution >= 4 is 16.9 Å². The number of halogens is 1. The molecule has 17 heavy (non-hydrogen) atoms. The highest BCUT2D eigenvalue weighted by Crippen LogP contribution is 2.23. The van der Waals surface area contributed by atoms with Crippen LogP contribution in [0.15, 0.2) is 40.9 Å². The van der Waals surface area contributed by atoms with Crippen molar-refractivity contribution in [2.24, 2.45) is 0 Å². The smallest absolute Gasteiger partial charge is 0.260 e. The van der Waals surface area contributed by atoms with E-state index in [4.69, 9.17) is 10.3 Å². The summed E-state index contributed by atoms with van der Waals surface area (Å²) in [5, 5.41) is 4.30. The molecule has 0 aliphatic rings. The summed E-state index contributed by atoms with van der Waals surface area (Å²) in [5.74, 6) is 0.0388. The average Bonchev–Trinajstić information content (AvgIpc) is 2.72. The molecule has 0 fully saturated rings. The SMILES string of the molecule is Nc1noc2nc(-c3ccc(F)cc3)ccc12. The Balaban J connectivity index is 2.14. The van der Waals surface area contributed by atoms with Gasteiger partial charge in [0.15, 0.2) is 5.82 Å². The zero-order valence-corrected chi connectivity index (χ0v) is 8.72. The zero-order chi connectivity index (χ0) is 11.8. The summed E-state index contributed by atoms with van der Waals surface area (Å²) < 4.78 is 17.8. The Morgan fingerprint density at radius 1 is 1.06 bits per heavy atom. The van der Waals surface area contributed by atoms with Gasteiger partial charge in [0, 0.05) is 5.56 Å². The van der Waals surface area contributed by atoms with E-state index in [1.165, 1.54) is 12.1 Å². The molecule has 0 spiro atoms. The number of hydrogen-bond acceptors (Lipinski definition) is 4. The van der Waals surface area contributed by atoms with E-state index >= 15 is 0 Å². The molecule has 0 saturated heterocycles. The van der Waals surface area contributed by atoms with Gasteiger partial charge in [0.1, 0.15) is 5.82 Å². The van der Waals surface area contributed by atoms with Crippen molar-refractivity contribution in [3.05, 3.63) is 42.2 Å². The van der Waals surface area contributed by atoms with E-state index in [1.807, 2.05) is 0 Å². The molecule has 2 heterocycles. The number of anilines is 1. The first kappa shape index (κ1) is 9.77. The summed E-state index contributed by atoms with van der Waals surface area (Å²) in [4.78, 5) is 4.26. The van der Waals surface area contributed by atoms with Gasteiger partial charge in [-0.3, -0.25) is 0 Å². The number of hydrogen-bond donors (Lipinski definition) is 1. The molecule has 2 N–H and O–H groups in total. The zero-order valence-electron chi connectivity index (χ0n) is 8.72. The first-order valence-corrected chi connectivity index (χ1v) is 5.02. The highest BCUT2D eigenvalue weighted by molar-refractivity contribution is 5.85. The van der Waals surface area contributed by atoms with Crippen LogP contribution < -0.4 is 5.73 Å². The molecule has 0 atom stereocenters. The average molecular weight is 229 g/mol. The quantitative estimate of drug-likeness (QED) is 0.696. The first-order chi connectivity index (χ1) is 8.24. The third-order valence-electron chi connectivity index (χ3n) is 2.51. The lowest BCUT2D eigenvalue weighted by Gasteiger charge is -1.99. The van der Waals surface area contributed by atoms with Gasteiger partial charge in [-0.2, -0.15) is 0 Å². The molecule has 0 aliphatic carbocycles. The minimum absolute atomic E-state index is 0.279. The topological polar surface area (TPSA) is 64.9 Å². The van der Waals surface area contributed by atoms with Gasteiger partial charge in [-0.15, -0.1) is 0 Å². The molecule has 0 saturated carbocycles. The van der Waals surface area contributed by atoms with E-state index in [-0.39, 0.29) is 5.82 Å². The summed E-state index contributed by atoms with van der Waals surface area (Å²) in [6.07, 6.45) is 0. The van der Waals surface area contributed by atoms with Crippen molar-refractivity contribution in [1.29, 1.82) is 0 Å². The van der Waals surface area contributed by atoms with Crippen LogP contribution >= 0.6 is 0 Å².